The van der Waals surface area contributed by atoms with Crippen molar-refractivity contribution < 1.29 is 9.53 Å². The first-order chi connectivity index (χ1) is 13.3. The molecule has 1 aliphatic rings. The van der Waals surface area contributed by atoms with E-state index in [9.17, 15) is 4.79 Å². The first kappa shape index (κ1) is 17.1. The number of carbonyl (C=O) groups is 1. The number of hydrogen-bond donors (Lipinski definition) is 1. The smallest absolute Gasteiger partial charge is 0.257 e. The molecule has 1 aromatic heterocycles. The van der Waals surface area contributed by atoms with E-state index in [0.29, 0.717) is 11.3 Å². The van der Waals surface area contributed by atoms with E-state index in [0.717, 1.165) is 30.4 Å². The van der Waals surface area contributed by atoms with Crippen molar-refractivity contribution in [3.05, 3.63) is 78.5 Å². The molecule has 0 radical (unpaired) electrons. The number of rotatable bonds is 5. The van der Waals surface area contributed by atoms with Gasteiger partial charge >= 0.3 is 0 Å². The molecule has 3 aromatic rings. The number of aromatic nitrogens is 1. The van der Waals surface area contributed by atoms with Crippen LogP contribution >= 0.6 is 0 Å². The molecule has 0 unspecified atom stereocenters. The van der Waals surface area contributed by atoms with Crippen molar-refractivity contribution >= 4 is 17.4 Å². The van der Waals surface area contributed by atoms with Crippen molar-refractivity contribution in [3.63, 3.8) is 0 Å². The zero-order valence-electron chi connectivity index (χ0n) is 15.0. The molecule has 5 heteroatoms. The lowest BCUT2D eigenvalue weighted by atomic mass is 10.2. The quantitative estimate of drug-likeness (QED) is 0.716. The van der Waals surface area contributed by atoms with E-state index < -0.39 is 0 Å². The molecular weight excluding hydrogens is 338 g/mol. The first-order valence-electron chi connectivity index (χ1n) is 9.13. The van der Waals surface area contributed by atoms with Gasteiger partial charge in [-0.1, -0.05) is 18.2 Å². The Balaban J connectivity index is 1.37. The van der Waals surface area contributed by atoms with Crippen LogP contribution in [0.2, 0.25) is 0 Å². The van der Waals surface area contributed by atoms with Crippen LogP contribution in [0.3, 0.4) is 0 Å². The summed E-state index contributed by atoms with van der Waals surface area (Å²) in [5.41, 5.74) is 1.26. The first-order valence-corrected chi connectivity index (χ1v) is 9.13. The zero-order chi connectivity index (χ0) is 18.5. The lowest BCUT2D eigenvalue weighted by molar-refractivity contribution is 0.102. The molecule has 136 valence electrons. The van der Waals surface area contributed by atoms with Gasteiger partial charge in [-0.2, -0.15) is 0 Å². The maximum atomic E-state index is 12.4. The Hall–Kier alpha value is -3.34. The van der Waals surface area contributed by atoms with Crippen LogP contribution < -0.4 is 15.0 Å². The van der Waals surface area contributed by atoms with Gasteiger partial charge in [0.2, 0.25) is 0 Å². The predicted molar refractivity (Wildman–Crippen MR) is 107 cm³/mol. The molecule has 5 nitrogen and oxygen atoms in total. The minimum Gasteiger partial charge on any atom is -0.457 e. The second-order valence-electron chi connectivity index (χ2n) is 6.49. The van der Waals surface area contributed by atoms with E-state index in [-0.39, 0.29) is 5.91 Å². The maximum Gasteiger partial charge on any atom is 0.257 e. The minimum absolute atomic E-state index is 0.174. The van der Waals surface area contributed by atoms with E-state index >= 15 is 0 Å². The topological polar surface area (TPSA) is 54.5 Å². The molecule has 27 heavy (non-hydrogen) atoms. The fourth-order valence-corrected chi connectivity index (χ4v) is 3.09. The summed E-state index contributed by atoms with van der Waals surface area (Å²) in [4.78, 5) is 19.1. The van der Waals surface area contributed by atoms with Gasteiger partial charge in [-0.3, -0.25) is 4.79 Å². The number of hydrogen-bond acceptors (Lipinski definition) is 4. The highest BCUT2D eigenvalue weighted by Crippen LogP contribution is 2.23. The Kier molecular flexibility index (Phi) is 5.01. The van der Waals surface area contributed by atoms with Crippen LogP contribution in [0.15, 0.2) is 72.9 Å². The van der Waals surface area contributed by atoms with Crippen molar-refractivity contribution in [1.29, 1.82) is 0 Å². The maximum absolute atomic E-state index is 12.4. The molecular formula is C22H21N3O2. The highest BCUT2D eigenvalue weighted by molar-refractivity contribution is 6.04. The fraction of sp³-hybridized carbons (Fsp3) is 0.182. The van der Waals surface area contributed by atoms with Gasteiger partial charge in [0, 0.05) is 25.0 Å². The largest absolute Gasteiger partial charge is 0.457 e. The van der Waals surface area contributed by atoms with Crippen LogP contribution in [-0.4, -0.2) is 24.0 Å². The van der Waals surface area contributed by atoms with E-state index in [1.54, 1.807) is 6.20 Å². The van der Waals surface area contributed by atoms with Gasteiger partial charge in [0.1, 0.15) is 17.3 Å². The Morgan fingerprint density at radius 2 is 1.59 bits per heavy atom. The van der Waals surface area contributed by atoms with E-state index in [1.165, 1.54) is 12.8 Å². The number of nitrogens with zero attached hydrogens (tertiary/aromatic N) is 2. The van der Waals surface area contributed by atoms with Crippen LogP contribution in [0.25, 0.3) is 0 Å². The number of para-hydroxylation sites is 1. The average molecular weight is 359 g/mol. The van der Waals surface area contributed by atoms with Gasteiger partial charge in [-0.15, -0.1) is 0 Å². The number of anilines is 2. The summed E-state index contributed by atoms with van der Waals surface area (Å²) < 4.78 is 5.76. The second-order valence-corrected chi connectivity index (χ2v) is 6.49. The third-order valence-electron chi connectivity index (χ3n) is 4.53. The Morgan fingerprint density at radius 3 is 2.26 bits per heavy atom. The van der Waals surface area contributed by atoms with Crippen LogP contribution in [0.4, 0.5) is 11.5 Å². The molecule has 0 aliphatic carbocycles. The highest BCUT2D eigenvalue weighted by Gasteiger charge is 2.14. The molecule has 1 aliphatic heterocycles. The summed E-state index contributed by atoms with van der Waals surface area (Å²) in [6.07, 6.45) is 4.04. The molecule has 2 aromatic carbocycles. The van der Waals surface area contributed by atoms with Crippen molar-refractivity contribution in [1.82, 2.24) is 4.98 Å². The third-order valence-corrected chi connectivity index (χ3v) is 4.53. The molecule has 0 saturated carbocycles. The Bertz CT molecular complexity index is 887. The van der Waals surface area contributed by atoms with Crippen molar-refractivity contribution in [2.24, 2.45) is 0 Å². The van der Waals surface area contributed by atoms with Gasteiger partial charge in [-0.05, 0) is 61.4 Å². The van der Waals surface area contributed by atoms with E-state index in [4.69, 9.17) is 4.74 Å². The molecule has 0 atom stereocenters. The summed E-state index contributed by atoms with van der Waals surface area (Å²) in [5, 5.41) is 2.89. The number of benzene rings is 2. The second kappa shape index (κ2) is 7.91. The van der Waals surface area contributed by atoms with Gasteiger partial charge in [0.05, 0.1) is 5.56 Å². The SMILES string of the molecule is O=C(Nc1ccc(Oc2ccccc2)cc1)c1ccc(N2CCCC2)nc1. The molecule has 1 saturated heterocycles. The molecule has 1 amide bonds. The molecule has 2 heterocycles. The summed E-state index contributed by atoms with van der Waals surface area (Å²) in [6, 6.07) is 20.6. The molecule has 4 rings (SSSR count). The number of carbonyl (C=O) groups excluding carboxylic acids is 1. The number of amides is 1. The van der Waals surface area contributed by atoms with Crippen molar-refractivity contribution in [2.75, 3.05) is 23.3 Å². The monoisotopic (exact) mass is 359 g/mol. The zero-order valence-corrected chi connectivity index (χ0v) is 15.0. The van der Waals surface area contributed by atoms with Gasteiger partial charge in [0.25, 0.3) is 5.91 Å². The van der Waals surface area contributed by atoms with Crippen LogP contribution in [0, 0.1) is 0 Å². The van der Waals surface area contributed by atoms with Gasteiger partial charge in [-0.25, -0.2) is 4.98 Å². The summed E-state index contributed by atoms with van der Waals surface area (Å²) in [7, 11) is 0. The summed E-state index contributed by atoms with van der Waals surface area (Å²) in [5.74, 6) is 2.26. The minimum atomic E-state index is -0.174. The summed E-state index contributed by atoms with van der Waals surface area (Å²) >= 11 is 0. The van der Waals surface area contributed by atoms with Gasteiger partial charge < -0.3 is 15.0 Å². The van der Waals surface area contributed by atoms with Crippen molar-refractivity contribution in [3.8, 4) is 11.5 Å². The molecule has 0 spiro atoms. The Labute approximate surface area is 158 Å². The number of ether oxygens (including phenoxy) is 1. The highest BCUT2D eigenvalue weighted by atomic mass is 16.5. The van der Waals surface area contributed by atoms with Gasteiger partial charge in [0.15, 0.2) is 0 Å². The standard InChI is InChI=1S/C22H21N3O2/c26-22(17-8-13-21(23-16-17)25-14-4-5-15-25)24-18-9-11-20(12-10-18)27-19-6-2-1-3-7-19/h1-3,6-13,16H,4-5,14-15H2,(H,24,26). The summed E-state index contributed by atoms with van der Waals surface area (Å²) in [6.45, 7) is 2.08. The average Bonchev–Trinajstić information content (AvgIpc) is 3.25. The van der Waals surface area contributed by atoms with E-state index in [1.807, 2.05) is 66.7 Å². The van der Waals surface area contributed by atoms with Crippen LogP contribution in [0.5, 0.6) is 11.5 Å². The Morgan fingerprint density at radius 1 is 0.889 bits per heavy atom. The predicted octanol–water partition coefficient (Wildman–Crippen LogP) is 4.73. The van der Waals surface area contributed by atoms with E-state index in [2.05, 4.69) is 15.2 Å². The van der Waals surface area contributed by atoms with Crippen LogP contribution in [-0.2, 0) is 0 Å². The molecule has 1 fully saturated rings. The normalized spacial score (nSPS) is 13.4. The number of pyridine rings is 1. The molecule has 0 bridgehead atoms. The molecule has 1 N–H and O–H groups in total. The van der Waals surface area contributed by atoms with Crippen molar-refractivity contribution in [2.45, 2.75) is 12.8 Å². The van der Waals surface area contributed by atoms with Crippen LogP contribution in [0.1, 0.15) is 23.2 Å². The lowest BCUT2D eigenvalue weighted by Gasteiger charge is -2.16. The number of nitrogens with one attached hydrogen (secondary N) is 1. The third kappa shape index (κ3) is 4.26. The fourth-order valence-electron chi connectivity index (χ4n) is 3.09. The lowest BCUT2D eigenvalue weighted by Crippen LogP contribution is -2.19.